The van der Waals surface area contributed by atoms with Crippen LogP contribution in [0.4, 0.5) is 0 Å². The predicted octanol–water partition coefficient (Wildman–Crippen LogP) is 2.07. The Bertz CT molecular complexity index is 575. The number of hydrogen-bond acceptors (Lipinski definition) is 3. The maximum absolute atomic E-state index is 12.1. The third-order valence-electron chi connectivity index (χ3n) is 2.89. The number of nitrogens with zero attached hydrogens (tertiary/aromatic N) is 1. The van der Waals surface area contributed by atoms with Gasteiger partial charge in [0.25, 0.3) is 5.91 Å². The number of benzene rings is 1. The number of hydrogen-bond donors (Lipinski definition) is 2. The van der Waals surface area contributed by atoms with E-state index < -0.39 is 0 Å². The van der Waals surface area contributed by atoms with E-state index in [1.54, 1.807) is 6.07 Å². The molecule has 0 aliphatic rings. The van der Waals surface area contributed by atoms with Crippen molar-refractivity contribution in [2.24, 2.45) is 0 Å². The smallest absolute Gasteiger partial charge is 0.254 e. The second-order valence-corrected chi connectivity index (χ2v) is 4.81. The minimum absolute atomic E-state index is 0.140. The van der Waals surface area contributed by atoms with E-state index in [0.717, 1.165) is 5.56 Å². The highest BCUT2D eigenvalue weighted by molar-refractivity contribution is 6.33. The molecule has 5 heteroatoms. The fourth-order valence-corrected chi connectivity index (χ4v) is 2.06. The Labute approximate surface area is 122 Å². The Morgan fingerprint density at radius 2 is 2.05 bits per heavy atom. The van der Waals surface area contributed by atoms with Crippen LogP contribution in [0, 0.1) is 0 Å². The van der Waals surface area contributed by atoms with Gasteiger partial charge in [-0.2, -0.15) is 0 Å². The standard InChI is InChI=1S/C15H15ClN2O2/c16-14-6-7-17-9-13(14)15(20)18-12(10-19)8-11-4-2-1-3-5-11/h1-7,9,12,19H,8,10H2,(H,18,20)/t12-/m1/s1. The Morgan fingerprint density at radius 1 is 1.30 bits per heavy atom. The summed E-state index contributed by atoms with van der Waals surface area (Å²) in [6.45, 7) is -0.140. The highest BCUT2D eigenvalue weighted by atomic mass is 35.5. The van der Waals surface area contributed by atoms with E-state index in [4.69, 9.17) is 11.6 Å². The molecule has 1 aromatic carbocycles. The van der Waals surface area contributed by atoms with E-state index >= 15 is 0 Å². The van der Waals surface area contributed by atoms with Crippen molar-refractivity contribution in [1.29, 1.82) is 0 Å². The second-order valence-electron chi connectivity index (χ2n) is 4.40. The number of rotatable bonds is 5. The molecule has 0 unspecified atom stereocenters. The number of amides is 1. The Balaban J connectivity index is 2.03. The van der Waals surface area contributed by atoms with Crippen molar-refractivity contribution >= 4 is 17.5 Å². The SMILES string of the molecule is O=C(N[C@@H](CO)Cc1ccccc1)c1cnccc1Cl. The maximum Gasteiger partial charge on any atom is 0.254 e. The van der Waals surface area contributed by atoms with Crippen LogP contribution in [0.5, 0.6) is 0 Å². The molecule has 0 saturated carbocycles. The number of halogens is 1. The lowest BCUT2D eigenvalue weighted by molar-refractivity contribution is 0.0916. The summed E-state index contributed by atoms with van der Waals surface area (Å²) in [6, 6.07) is 10.9. The van der Waals surface area contributed by atoms with Crippen LogP contribution in [0.2, 0.25) is 5.02 Å². The van der Waals surface area contributed by atoms with Gasteiger partial charge in [-0.3, -0.25) is 9.78 Å². The molecule has 0 spiro atoms. The molecule has 104 valence electrons. The number of nitrogens with one attached hydrogen (secondary N) is 1. The molecule has 2 N–H and O–H groups in total. The first kappa shape index (κ1) is 14.5. The lowest BCUT2D eigenvalue weighted by atomic mass is 10.1. The van der Waals surface area contributed by atoms with Crippen molar-refractivity contribution in [1.82, 2.24) is 10.3 Å². The van der Waals surface area contributed by atoms with E-state index in [1.165, 1.54) is 12.4 Å². The average molecular weight is 291 g/mol. The average Bonchev–Trinajstić information content (AvgIpc) is 2.48. The van der Waals surface area contributed by atoms with Crippen LogP contribution in [0.3, 0.4) is 0 Å². The minimum atomic E-state index is -0.360. The lowest BCUT2D eigenvalue weighted by Crippen LogP contribution is -2.39. The fourth-order valence-electron chi connectivity index (χ4n) is 1.87. The second kappa shape index (κ2) is 7.03. The normalized spacial score (nSPS) is 11.9. The number of aromatic nitrogens is 1. The summed E-state index contributed by atoms with van der Waals surface area (Å²) in [5, 5.41) is 12.5. The van der Waals surface area contributed by atoms with E-state index in [1.807, 2.05) is 30.3 Å². The van der Waals surface area contributed by atoms with Gasteiger partial charge in [0.15, 0.2) is 0 Å². The van der Waals surface area contributed by atoms with Crippen molar-refractivity contribution in [3.05, 3.63) is 64.9 Å². The Kier molecular flexibility index (Phi) is 5.09. The lowest BCUT2D eigenvalue weighted by Gasteiger charge is -2.16. The number of aliphatic hydroxyl groups excluding tert-OH is 1. The predicted molar refractivity (Wildman–Crippen MR) is 77.7 cm³/mol. The summed E-state index contributed by atoms with van der Waals surface area (Å²) in [5.41, 5.74) is 1.35. The zero-order valence-electron chi connectivity index (χ0n) is 10.8. The third-order valence-corrected chi connectivity index (χ3v) is 3.22. The number of aliphatic hydroxyl groups is 1. The highest BCUT2D eigenvalue weighted by Gasteiger charge is 2.15. The summed E-state index contributed by atoms with van der Waals surface area (Å²) < 4.78 is 0. The molecule has 2 rings (SSSR count). The summed E-state index contributed by atoms with van der Waals surface area (Å²) in [6.07, 6.45) is 3.49. The molecule has 20 heavy (non-hydrogen) atoms. The number of carbonyl (C=O) groups excluding carboxylic acids is 1. The van der Waals surface area contributed by atoms with E-state index in [9.17, 15) is 9.90 Å². The molecule has 1 atom stereocenters. The van der Waals surface area contributed by atoms with Crippen LogP contribution in [0.1, 0.15) is 15.9 Å². The molecule has 0 bridgehead atoms. The van der Waals surface area contributed by atoms with Gasteiger partial charge in [-0.1, -0.05) is 41.9 Å². The maximum atomic E-state index is 12.1. The van der Waals surface area contributed by atoms with Crippen molar-refractivity contribution in [2.75, 3.05) is 6.61 Å². The topological polar surface area (TPSA) is 62.2 Å². The molecular formula is C15H15ClN2O2. The van der Waals surface area contributed by atoms with E-state index in [-0.39, 0.29) is 18.6 Å². The molecule has 0 radical (unpaired) electrons. The van der Waals surface area contributed by atoms with Gasteiger partial charge in [0, 0.05) is 12.4 Å². The first-order chi connectivity index (χ1) is 9.70. The highest BCUT2D eigenvalue weighted by Crippen LogP contribution is 2.13. The zero-order chi connectivity index (χ0) is 14.4. The molecule has 0 saturated heterocycles. The summed E-state index contributed by atoms with van der Waals surface area (Å²) in [7, 11) is 0. The molecule has 1 amide bonds. The van der Waals surface area contributed by atoms with Gasteiger partial charge >= 0.3 is 0 Å². The number of carbonyl (C=O) groups is 1. The molecule has 2 aromatic rings. The van der Waals surface area contributed by atoms with Crippen LogP contribution in [-0.4, -0.2) is 28.6 Å². The van der Waals surface area contributed by atoms with Crippen molar-refractivity contribution < 1.29 is 9.90 Å². The van der Waals surface area contributed by atoms with Crippen molar-refractivity contribution in [3.8, 4) is 0 Å². The van der Waals surface area contributed by atoms with Gasteiger partial charge in [-0.25, -0.2) is 0 Å². The molecular weight excluding hydrogens is 276 g/mol. The quantitative estimate of drug-likeness (QED) is 0.886. The van der Waals surface area contributed by atoms with Crippen molar-refractivity contribution in [2.45, 2.75) is 12.5 Å². The first-order valence-electron chi connectivity index (χ1n) is 6.26. The summed E-state index contributed by atoms with van der Waals surface area (Å²) in [5.74, 6) is -0.335. The van der Waals surface area contributed by atoms with Gasteiger partial charge < -0.3 is 10.4 Å². The molecule has 0 aliphatic carbocycles. The summed E-state index contributed by atoms with van der Waals surface area (Å²) in [4.78, 5) is 16.0. The molecule has 0 fully saturated rings. The van der Waals surface area contributed by atoms with E-state index in [2.05, 4.69) is 10.3 Å². The van der Waals surface area contributed by atoms with Crippen LogP contribution in [-0.2, 0) is 6.42 Å². The van der Waals surface area contributed by atoms with Crippen LogP contribution >= 0.6 is 11.6 Å². The van der Waals surface area contributed by atoms with Gasteiger partial charge in [0.2, 0.25) is 0 Å². The molecule has 0 aliphatic heterocycles. The van der Waals surface area contributed by atoms with Crippen molar-refractivity contribution in [3.63, 3.8) is 0 Å². The Morgan fingerprint density at radius 3 is 2.70 bits per heavy atom. The Hall–Kier alpha value is -1.91. The molecule has 1 heterocycles. The van der Waals surface area contributed by atoms with Gasteiger partial charge in [-0.15, -0.1) is 0 Å². The minimum Gasteiger partial charge on any atom is -0.394 e. The summed E-state index contributed by atoms with van der Waals surface area (Å²) >= 11 is 5.94. The van der Waals surface area contributed by atoms with E-state index in [0.29, 0.717) is 17.0 Å². The molecule has 1 aromatic heterocycles. The molecule has 4 nitrogen and oxygen atoms in total. The van der Waals surface area contributed by atoms with Gasteiger partial charge in [0.05, 0.1) is 23.2 Å². The first-order valence-corrected chi connectivity index (χ1v) is 6.63. The third kappa shape index (κ3) is 3.79. The van der Waals surface area contributed by atoms with Gasteiger partial charge in [-0.05, 0) is 18.1 Å². The zero-order valence-corrected chi connectivity index (χ0v) is 11.5. The largest absolute Gasteiger partial charge is 0.394 e. The van der Waals surface area contributed by atoms with Gasteiger partial charge in [0.1, 0.15) is 0 Å². The van der Waals surface area contributed by atoms with Crippen LogP contribution in [0.25, 0.3) is 0 Å². The van der Waals surface area contributed by atoms with Crippen LogP contribution in [0.15, 0.2) is 48.8 Å². The van der Waals surface area contributed by atoms with Crippen LogP contribution < -0.4 is 5.32 Å². The monoisotopic (exact) mass is 290 g/mol. The number of pyridine rings is 1. The fraction of sp³-hybridized carbons (Fsp3) is 0.200.